The molecule has 0 atom stereocenters. The van der Waals surface area contributed by atoms with E-state index in [-0.39, 0.29) is 5.91 Å². The van der Waals surface area contributed by atoms with Gasteiger partial charge in [0.2, 0.25) is 0 Å². The minimum Gasteiger partial charge on any atom is -0.350 e. The van der Waals surface area contributed by atoms with Gasteiger partial charge in [-0.3, -0.25) is 4.79 Å². The molecule has 1 heterocycles. The smallest absolute Gasteiger partial charge is 0.267 e. The third-order valence-electron chi connectivity index (χ3n) is 1.56. The summed E-state index contributed by atoms with van der Waals surface area (Å²) in [5.74, 6) is 0.360. The van der Waals surface area contributed by atoms with Crippen LogP contribution in [-0.4, -0.2) is 22.9 Å². The van der Waals surface area contributed by atoms with Crippen LogP contribution in [0.25, 0.3) is 0 Å². The monoisotopic (exact) mass is 186 g/mol. The second-order valence-corrected chi connectivity index (χ2v) is 2.83. The standard InChI is InChI=1S/C8H11ClN2O/c1-11-6-2-3-7(11)8(12)10-5-4-9/h2-3,6H,4-5H2,1H3,(H,10,12). The molecule has 66 valence electrons. The predicted octanol–water partition coefficient (Wildman–Crippen LogP) is 0.994. The lowest BCUT2D eigenvalue weighted by Gasteiger charge is -2.03. The molecule has 0 fully saturated rings. The second-order valence-electron chi connectivity index (χ2n) is 2.45. The maximum Gasteiger partial charge on any atom is 0.267 e. The molecule has 0 aliphatic heterocycles. The fraction of sp³-hybridized carbons (Fsp3) is 0.375. The number of rotatable bonds is 3. The summed E-state index contributed by atoms with van der Waals surface area (Å²) in [7, 11) is 1.83. The molecule has 1 amide bonds. The Bertz CT molecular complexity index is 270. The summed E-state index contributed by atoms with van der Waals surface area (Å²) >= 11 is 5.43. The van der Waals surface area contributed by atoms with Crippen LogP contribution in [-0.2, 0) is 7.05 Å². The Morgan fingerprint density at radius 3 is 3.00 bits per heavy atom. The maximum atomic E-state index is 11.3. The van der Waals surface area contributed by atoms with Gasteiger partial charge in [0.1, 0.15) is 5.69 Å². The van der Waals surface area contributed by atoms with Gasteiger partial charge in [-0.25, -0.2) is 0 Å². The summed E-state index contributed by atoms with van der Waals surface area (Å²) in [5, 5.41) is 2.68. The van der Waals surface area contributed by atoms with Crippen molar-refractivity contribution >= 4 is 17.5 Å². The molecule has 0 aromatic carbocycles. The van der Waals surface area contributed by atoms with Crippen molar-refractivity contribution in [1.29, 1.82) is 0 Å². The van der Waals surface area contributed by atoms with Crippen LogP contribution in [0.2, 0.25) is 0 Å². The summed E-state index contributed by atoms with van der Waals surface area (Å²) in [5.41, 5.74) is 0.653. The lowest BCUT2D eigenvalue weighted by molar-refractivity contribution is 0.0948. The normalized spacial score (nSPS) is 9.83. The number of nitrogens with one attached hydrogen (secondary N) is 1. The molecule has 1 aromatic rings. The van der Waals surface area contributed by atoms with Crippen molar-refractivity contribution in [2.75, 3.05) is 12.4 Å². The minimum atomic E-state index is -0.0804. The van der Waals surface area contributed by atoms with Gasteiger partial charge in [0.25, 0.3) is 5.91 Å². The average Bonchev–Trinajstić information content (AvgIpc) is 2.47. The molecule has 4 heteroatoms. The number of halogens is 1. The number of carbonyl (C=O) groups is 1. The van der Waals surface area contributed by atoms with E-state index in [1.807, 2.05) is 19.3 Å². The van der Waals surface area contributed by atoms with Gasteiger partial charge < -0.3 is 9.88 Å². The molecule has 0 unspecified atom stereocenters. The first-order valence-corrected chi connectivity index (χ1v) is 4.24. The first kappa shape index (κ1) is 9.13. The Morgan fingerprint density at radius 2 is 2.50 bits per heavy atom. The zero-order chi connectivity index (χ0) is 8.97. The molecule has 3 nitrogen and oxygen atoms in total. The van der Waals surface area contributed by atoms with Crippen molar-refractivity contribution in [1.82, 2.24) is 9.88 Å². The number of aromatic nitrogens is 1. The molecule has 0 aliphatic rings. The fourth-order valence-electron chi connectivity index (χ4n) is 0.948. The summed E-state index contributed by atoms with van der Waals surface area (Å²) < 4.78 is 1.77. The molecule has 0 bridgehead atoms. The molecule has 0 radical (unpaired) electrons. The van der Waals surface area contributed by atoms with Gasteiger partial charge in [0.15, 0.2) is 0 Å². The van der Waals surface area contributed by atoms with Gasteiger partial charge in [-0.1, -0.05) is 0 Å². The van der Waals surface area contributed by atoms with Crippen LogP contribution < -0.4 is 5.32 Å². The van der Waals surface area contributed by atoms with Gasteiger partial charge in [0.05, 0.1) is 0 Å². The molecular formula is C8H11ClN2O. The van der Waals surface area contributed by atoms with Crippen molar-refractivity contribution in [3.63, 3.8) is 0 Å². The van der Waals surface area contributed by atoms with E-state index >= 15 is 0 Å². The van der Waals surface area contributed by atoms with Gasteiger partial charge in [0, 0.05) is 25.7 Å². The maximum absolute atomic E-state index is 11.3. The molecule has 1 N–H and O–H groups in total. The highest BCUT2D eigenvalue weighted by molar-refractivity contribution is 6.18. The van der Waals surface area contributed by atoms with Crippen molar-refractivity contribution in [3.05, 3.63) is 24.0 Å². The molecular weight excluding hydrogens is 176 g/mol. The van der Waals surface area contributed by atoms with Crippen LogP contribution in [0.1, 0.15) is 10.5 Å². The molecule has 12 heavy (non-hydrogen) atoms. The largest absolute Gasteiger partial charge is 0.350 e. The van der Waals surface area contributed by atoms with Crippen LogP contribution in [0.4, 0.5) is 0 Å². The molecule has 0 saturated carbocycles. The number of carbonyl (C=O) groups excluding carboxylic acids is 1. The van der Waals surface area contributed by atoms with Gasteiger partial charge >= 0.3 is 0 Å². The van der Waals surface area contributed by atoms with E-state index in [4.69, 9.17) is 11.6 Å². The number of hydrogen-bond donors (Lipinski definition) is 1. The van der Waals surface area contributed by atoms with E-state index in [9.17, 15) is 4.79 Å². The zero-order valence-corrected chi connectivity index (χ0v) is 7.64. The van der Waals surface area contributed by atoms with Crippen LogP contribution in [0.3, 0.4) is 0 Å². The molecule has 1 rings (SSSR count). The highest BCUT2D eigenvalue weighted by Gasteiger charge is 2.06. The quantitative estimate of drug-likeness (QED) is 0.702. The lowest BCUT2D eigenvalue weighted by Crippen LogP contribution is -2.26. The summed E-state index contributed by atoms with van der Waals surface area (Å²) in [6, 6.07) is 3.60. The van der Waals surface area contributed by atoms with E-state index < -0.39 is 0 Å². The molecule has 0 saturated heterocycles. The summed E-state index contributed by atoms with van der Waals surface area (Å²) in [4.78, 5) is 11.3. The van der Waals surface area contributed by atoms with E-state index in [1.54, 1.807) is 10.6 Å². The van der Waals surface area contributed by atoms with Crippen molar-refractivity contribution in [2.24, 2.45) is 7.05 Å². The lowest BCUT2D eigenvalue weighted by atomic mass is 10.4. The Morgan fingerprint density at radius 1 is 1.75 bits per heavy atom. The molecule has 1 aromatic heterocycles. The Labute approximate surface area is 76.3 Å². The molecule has 0 spiro atoms. The highest BCUT2D eigenvalue weighted by Crippen LogP contribution is 1.98. The van der Waals surface area contributed by atoms with Gasteiger partial charge in [-0.15, -0.1) is 11.6 Å². The van der Waals surface area contributed by atoms with Crippen LogP contribution in [0.15, 0.2) is 18.3 Å². The first-order valence-electron chi connectivity index (χ1n) is 3.71. The van der Waals surface area contributed by atoms with E-state index in [0.29, 0.717) is 18.1 Å². The zero-order valence-electron chi connectivity index (χ0n) is 6.88. The SMILES string of the molecule is Cn1cccc1C(=O)NCCCl. The topological polar surface area (TPSA) is 34.0 Å². The number of aryl methyl sites for hydroxylation is 1. The fourth-order valence-corrected chi connectivity index (χ4v) is 1.04. The minimum absolute atomic E-state index is 0.0804. The van der Waals surface area contributed by atoms with Crippen LogP contribution in [0, 0.1) is 0 Å². The third kappa shape index (κ3) is 2.01. The second kappa shape index (κ2) is 4.16. The predicted molar refractivity (Wildman–Crippen MR) is 48.5 cm³/mol. The van der Waals surface area contributed by atoms with E-state index in [0.717, 1.165) is 0 Å². The number of hydrogen-bond acceptors (Lipinski definition) is 1. The van der Waals surface area contributed by atoms with Crippen molar-refractivity contribution in [2.45, 2.75) is 0 Å². The number of nitrogens with zero attached hydrogens (tertiary/aromatic N) is 1. The summed E-state index contributed by atoms with van der Waals surface area (Å²) in [6.45, 7) is 0.506. The van der Waals surface area contributed by atoms with E-state index in [2.05, 4.69) is 5.32 Å². The molecule has 0 aliphatic carbocycles. The summed E-state index contributed by atoms with van der Waals surface area (Å²) in [6.07, 6.45) is 1.83. The van der Waals surface area contributed by atoms with Crippen molar-refractivity contribution in [3.8, 4) is 0 Å². The van der Waals surface area contributed by atoms with Gasteiger partial charge in [-0.2, -0.15) is 0 Å². The Hall–Kier alpha value is -0.960. The van der Waals surface area contributed by atoms with Crippen molar-refractivity contribution < 1.29 is 4.79 Å². The van der Waals surface area contributed by atoms with Crippen LogP contribution >= 0.6 is 11.6 Å². The average molecular weight is 187 g/mol. The Balaban J connectivity index is 2.59. The highest BCUT2D eigenvalue weighted by atomic mass is 35.5. The number of alkyl halides is 1. The Kier molecular flexibility index (Phi) is 3.17. The van der Waals surface area contributed by atoms with E-state index in [1.165, 1.54) is 0 Å². The third-order valence-corrected chi connectivity index (χ3v) is 1.75. The van der Waals surface area contributed by atoms with Crippen LogP contribution in [0.5, 0.6) is 0 Å². The first-order chi connectivity index (χ1) is 5.75. The number of amides is 1. The van der Waals surface area contributed by atoms with Gasteiger partial charge in [-0.05, 0) is 12.1 Å².